The topological polar surface area (TPSA) is 68.1 Å². The summed E-state index contributed by atoms with van der Waals surface area (Å²) in [5.74, 6) is 0.657. The van der Waals surface area contributed by atoms with Gasteiger partial charge in [0.05, 0.1) is 9.40 Å². The zero-order valence-corrected chi connectivity index (χ0v) is 12.4. The number of anilines is 1. The fourth-order valence-electron chi connectivity index (χ4n) is 2.33. The molecule has 0 spiro atoms. The van der Waals surface area contributed by atoms with Crippen molar-refractivity contribution < 1.29 is 4.92 Å². The molecule has 1 fully saturated rings. The van der Waals surface area contributed by atoms with Crippen molar-refractivity contribution in [2.45, 2.75) is 33.7 Å². The normalized spacial score (nSPS) is 20.5. The molecule has 6 heteroatoms. The van der Waals surface area contributed by atoms with Crippen LogP contribution in [0, 0.1) is 20.9 Å². The van der Waals surface area contributed by atoms with Crippen LogP contribution in [0.3, 0.4) is 0 Å². The lowest BCUT2D eigenvalue weighted by molar-refractivity contribution is -0.385. The highest BCUT2D eigenvalue weighted by atomic mass is 79.9. The largest absolute Gasteiger partial charge is 0.365 e. The first-order chi connectivity index (χ1) is 8.18. The standard InChI is InChI=1S/C12H16BrN3O2/c1-11(2)10(12(11,3)4)15-9-8(13)5-7(6-14-9)16(17)18/h5-6,10H,1-4H3,(H,14,15). The molecular formula is C12H16BrN3O2. The first-order valence-electron chi connectivity index (χ1n) is 5.74. The molecule has 0 atom stereocenters. The summed E-state index contributed by atoms with van der Waals surface area (Å²) in [6, 6.07) is 1.79. The smallest absolute Gasteiger partial charge is 0.288 e. The van der Waals surface area contributed by atoms with Crippen molar-refractivity contribution in [2.75, 3.05) is 5.32 Å². The first-order valence-corrected chi connectivity index (χ1v) is 6.53. The summed E-state index contributed by atoms with van der Waals surface area (Å²) < 4.78 is 0.621. The molecule has 1 aliphatic carbocycles. The van der Waals surface area contributed by atoms with E-state index in [0.29, 0.717) is 16.3 Å². The third-order valence-corrected chi connectivity index (χ3v) is 4.94. The Bertz CT molecular complexity index is 500. The molecule has 0 amide bonds. The zero-order valence-electron chi connectivity index (χ0n) is 10.8. The van der Waals surface area contributed by atoms with E-state index < -0.39 is 4.92 Å². The lowest BCUT2D eigenvalue weighted by atomic mass is 10.0. The fourth-order valence-corrected chi connectivity index (χ4v) is 2.78. The van der Waals surface area contributed by atoms with Crippen molar-refractivity contribution in [3.8, 4) is 0 Å². The van der Waals surface area contributed by atoms with Gasteiger partial charge in [0.25, 0.3) is 5.69 Å². The molecule has 0 aromatic carbocycles. The van der Waals surface area contributed by atoms with E-state index >= 15 is 0 Å². The van der Waals surface area contributed by atoms with Crippen LogP contribution in [0.4, 0.5) is 11.5 Å². The SMILES string of the molecule is CC1(C)C(Nc2ncc([N+](=O)[O-])cc2Br)C1(C)C. The summed E-state index contributed by atoms with van der Waals surface area (Å²) >= 11 is 3.32. The van der Waals surface area contributed by atoms with Gasteiger partial charge in [-0.25, -0.2) is 4.98 Å². The van der Waals surface area contributed by atoms with Crippen LogP contribution in [0.5, 0.6) is 0 Å². The van der Waals surface area contributed by atoms with Crippen LogP contribution in [0.15, 0.2) is 16.7 Å². The van der Waals surface area contributed by atoms with Crippen molar-refractivity contribution in [3.05, 3.63) is 26.9 Å². The van der Waals surface area contributed by atoms with Gasteiger partial charge in [-0.15, -0.1) is 0 Å². The number of halogens is 1. The van der Waals surface area contributed by atoms with Gasteiger partial charge in [0.15, 0.2) is 0 Å². The minimum absolute atomic E-state index is 0.0123. The second-order valence-electron chi connectivity index (χ2n) is 5.80. The second-order valence-corrected chi connectivity index (χ2v) is 6.66. The molecule has 0 bridgehead atoms. The molecule has 0 aliphatic heterocycles. The molecule has 18 heavy (non-hydrogen) atoms. The molecule has 1 saturated carbocycles. The third-order valence-electron chi connectivity index (χ3n) is 4.34. The molecule has 98 valence electrons. The van der Waals surface area contributed by atoms with Gasteiger partial charge in [0.1, 0.15) is 12.0 Å². The number of pyridine rings is 1. The van der Waals surface area contributed by atoms with E-state index in [-0.39, 0.29) is 16.5 Å². The van der Waals surface area contributed by atoms with Crippen LogP contribution >= 0.6 is 15.9 Å². The minimum atomic E-state index is -0.452. The molecule has 0 radical (unpaired) electrons. The Hall–Kier alpha value is -1.17. The van der Waals surface area contributed by atoms with Crippen LogP contribution in [0.1, 0.15) is 27.7 Å². The molecule has 1 aromatic heterocycles. The van der Waals surface area contributed by atoms with Crippen LogP contribution < -0.4 is 5.32 Å². The number of nitrogens with zero attached hydrogens (tertiary/aromatic N) is 2. The van der Waals surface area contributed by atoms with E-state index in [2.05, 4.69) is 53.9 Å². The zero-order chi connectivity index (χ0) is 13.7. The molecule has 1 N–H and O–H groups in total. The highest BCUT2D eigenvalue weighted by Gasteiger charge is 2.65. The number of hydrogen-bond acceptors (Lipinski definition) is 4. The number of nitro groups is 1. The molecule has 5 nitrogen and oxygen atoms in total. The van der Waals surface area contributed by atoms with E-state index in [4.69, 9.17) is 0 Å². The van der Waals surface area contributed by atoms with Crippen LogP contribution in [-0.2, 0) is 0 Å². The molecule has 1 aromatic rings. The molecule has 1 aliphatic rings. The summed E-state index contributed by atoms with van der Waals surface area (Å²) in [7, 11) is 0. The first kappa shape index (κ1) is 13.3. The van der Waals surface area contributed by atoms with Crippen molar-refractivity contribution in [2.24, 2.45) is 10.8 Å². The third kappa shape index (κ3) is 1.88. The molecule has 0 unspecified atom stereocenters. The van der Waals surface area contributed by atoms with Gasteiger partial charge < -0.3 is 5.32 Å². The average Bonchev–Trinajstić information content (AvgIpc) is 2.63. The number of hydrogen-bond donors (Lipinski definition) is 1. The van der Waals surface area contributed by atoms with Crippen LogP contribution in [0.25, 0.3) is 0 Å². The van der Waals surface area contributed by atoms with E-state index in [0.717, 1.165) is 0 Å². The van der Waals surface area contributed by atoms with Gasteiger partial charge in [0, 0.05) is 12.1 Å². The van der Waals surface area contributed by atoms with Gasteiger partial charge in [0.2, 0.25) is 0 Å². The van der Waals surface area contributed by atoms with E-state index in [1.165, 1.54) is 12.3 Å². The van der Waals surface area contributed by atoms with Crippen molar-refractivity contribution >= 4 is 27.4 Å². The maximum Gasteiger partial charge on any atom is 0.288 e. The fraction of sp³-hybridized carbons (Fsp3) is 0.583. The van der Waals surface area contributed by atoms with Crippen LogP contribution in [0.2, 0.25) is 0 Å². The average molecular weight is 314 g/mol. The summed E-state index contributed by atoms with van der Waals surface area (Å²) in [5.41, 5.74) is 0.368. The van der Waals surface area contributed by atoms with Crippen molar-refractivity contribution in [1.29, 1.82) is 0 Å². The minimum Gasteiger partial charge on any atom is -0.365 e. The van der Waals surface area contributed by atoms with Gasteiger partial charge in [-0.2, -0.15) is 0 Å². The summed E-state index contributed by atoms with van der Waals surface area (Å²) in [6.07, 6.45) is 1.27. The van der Waals surface area contributed by atoms with Gasteiger partial charge in [-0.3, -0.25) is 10.1 Å². The van der Waals surface area contributed by atoms with Crippen molar-refractivity contribution in [3.63, 3.8) is 0 Å². The van der Waals surface area contributed by atoms with Gasteiger partial charge in [-0.05, 0) is 26.8 Å². The maximum absolute atomic E-state index is 10.6. The summed E-state index contributed by atoms with van der Waals surface area (Å²) in [5, 5.41) is 14.0. The number of aromatic nitrogens is 1. The highest BCUT2D eigenvalue weighted by Crippen LogP contribution is 2.63. The quantitative estimate of drug-likeness (QED) is 0.684. The molecule has 0 saturated heterocycles. The number of nitrogens with one attached hydrogen (secondary N) is 1. The van der Waals surface area contributed by atoms with Crippen molar-refractivity contribution in [1.82, 2.24) is 4.98 Å². The Morgan fingerprint density at radius 1 is 1.39 bits per heavy atom. The van der Waals surface area contributed by atoms with Crippen LogP contribution in [-0.4, -0.2) is 15.9 Å². The highest BCUT2D eigenvalue weighted by molar-refractivity contribution is 9.10. The maximum atomic E-state index is 10.6. The molecule has 1 heterocycles. The van der Waals surface area contributed by atoms with E-state index in [9.17, 15) is 10.1 Å². The Kier molecular flexibility index (Phi) is 2.88. The predicted octanol–water partition coefficient (Wildman–Crippen LogP) is 3.60. The summed E-state index contributed by atoms with van der Waals surface area (Å²) in [4.78, 5) is 14.3. The lowest BCUT2D eigenvalue weighted by Crippen LogP contribution is -2.11. The molecular weight excluding hydrogens is 298 g/mol. The lowest BCUT2D eigenvalue weighted by Gasteiger charge is -2.08. The Morgan fingerprint density at radius 3 is 2.33 bits per heavy atom. The van der Waals surface area contributed by atoms with Gasteiger partial charge in [-0.1, -0.05) is 27.7 Å². The monoisotopic (exact) mass is 313 g/mol. The summed E-state index contributed by atoms with van der Waals surface area (Å²) in [6.45, 7) is 8.79. The Labute approximate surface area is 114 Å². The second kappa shape index (κ2) is 3.91. The van der Waals surface area contributed by atoms with E-state index in [1.807, 2.05) is 0 Å². The van der Waals surface area contributed by atoms with E-state index in [1.54, 1.807) is 0 Å². The molecule has 2 rings (SSSR count). The Morgan fingerprint density at radius 2 is 1.94 bits per heavy atom. The Balaban J connectivity index is 2.20. The van der Waals surface area contributed by atoms with Gasteiger partial charge >= 0.3 is 0 Å². The predicted molar refractivity (Wildman–Crippen MR) is 73.6 cm³/mol. The number of rotatable bonds is 3.